The van der Waals surface area contributed by atoms with Gasteiger partial charge in [0.15, 0.2) is 0 Å². The molecule has 1 fully saturated rings. The Hall–Kier alpha value is -2.05. The zero-order valence-electron chi connectivity index (χ0n) is 10.3. The van der Waals surface area contributed by atoms with E-state index in [9.17, 15) is 18.0 Å². The van der Waals surface area contributed by atoms with Crippen molar-refractivity contribution in [3.8, 4) is 0 Å². The van der Waals surface area contributed by atoms with Gasteiger partial charge >= 0.3 is 12.1 Å². The Balaban J connectivity index is 2.25. The van der Waals surface area contributed by atoms with E-state index in [0.717, 1.165) is 17.4 Å². The lowest BCUT2D eigenvalue weighted by molar-refractivity contribution is -0.147. The molecule has 0 amide bonds. The summed E-state index contributed by atoms with van der Waals surface area (Å²) in [5.41, 5.74) is -0.0837. The molecule has 20 heavy (non-hydrogen) atoms. The number of carboxylic acids is 1. The van der Waals surface area contributed by atoms with Crippen LogP contribution in [0.2, 0.25) is 0 Å². The average Bonchev–Trinajstić information content (AvgIpc) is 3.08. The molecule has 1 aromatic heterocycles. The molecule has 1 N–H and O–H groups in total. The Kier molecular flexibility index (Phi) is 2.74. The van der Waals surface area contributed by atoms with Gasteiger partial charge in [0.2, 0.25) is 5.82 Å². The standard InChI is InChI=1S/C13H11F3N2O2/c14-13(15,16)12-17-10-8(11(19)20)2-1-3-9(10)18(12)6-7-4-5-7/h1-3,7H,4-6H2,(H,19,20). The molecule has 3 rings (SSSR count). The maximum Gasteiger partial charge on any atom is 0.449 e. The predicted octanol–water partition coefficient (Wildman–Crippen LogP) is 3.16. The van der Waals surface area contributed by atoms with E-state index in [1.807, 2.05) is 0 Å². The van der Waals surface area contributed by atoms with Crippen LogP contribution in [0.25, 0.3) is 11.0 Å². The summed E-state index contributed by atoms with van der Waals surface area (Å²) < 4.78 is 40.3. The lowest BCUT2D eigenvalue weighted by Gasteiger charge is -2.10. The number of imidazole rings is 1. The van der Waals surface area contributed by atoms with Crippen LogP contribution in [0.1, 0.15) is 29.0 Å². The summed E-state index contributed by atoms with van der Waals surface area (Å²) in [6.45, 7) is 0.231. The van der Waals surface area contributed by atoms with Crippen LogP contribution < -0.4 is 0 Å². The minimum atomic E-state index is -4.59. The van der Waals surface area contributed by atoms with E-state index in [0.29, 0.717) is 0 Å². The Morgan fingerprint density at radius 3 is 2.65 bits per heavy atom. The van der Waals surface area contributed by atoms with Gasteiger partial charge in [-0.2, -0.15) is 13.2 Å². The van der Waals surface area contributed by atoms with E-state index in [4.69, 9.17) is 5.11 Å². The van der Waals surface area contributed by atoms with Crippen molar-refractivity contribution < 1.29 is 23.1 Å². The molecule has 2 aromatic rings. The first-order valence-corrected chi connectivity index (χ1v) is 6.17. The molecule has 0 radical (unpaired) electrons. The summed E-state index contributed by atoms with van der Waals surface area (Å²) in [4.78, 5) is 14.6. The molecule has 0 atom stereocenters. The number of benzene rings is 1. The number of hydrogen-bond acceptors (Lipinski definition) is 2. The van der Waals surface area contributed by atoms with Gasteiger partial charge in [0, 0.05) is 6.54 Å². The van der Waals surface area contributed by atoms with E-state index < -0.39 is 18.0 Å². The van der Waals surface area contributed by atoms with Crippen molar-refractivity contribution in [2.75, 3.05) is 0 Å². The molecular formula is C13H11F3N2O2. The number of nitrogens with zero attached hydrogens (tertiary/aromatic N) is 2. The summed E-state index contributed by atoms with van der Waals surface area (Å²) in [7, 11) is 0. The van der Waals surface area contributed by atoms with Crippen molar-refractivity contribution in [3.63, 3.8) is 0 Å². The Labute approximate surface area is 111 Å². The van der Waals surface area contributed by atoms with Gasteiger partial charge in [-0.15, -0.1) is 0 Å². The predicted molar refractivity (Wildman–Crippen MR) is 64.4 cm³/mol. The third kappa shape index (κ3) is 2.13. The number of hydrogen-bond donors (Lipinski definition) is 1. The molecule has 1 saturated carbocycles. The third-order valence-electron chi connectivity index (χ3n) is 3.40. The summed E-state index contributed by atoms with van der Waals surface area (Å²) in [5, 5.41) is 9.05. The first-order valence-electron chi connectivity index (χ1n) is 6.17. The van der Waals surface area contributed by atoms with E-state index in [1.165, 1.54) is 18.2 Å². The Morgan fingerprint density at radius 1 is 1.40 bits per heavy atom. The second kappa shape index (κ2) is 4.22. The second-order valence-corrected chi connectivity index (χ2v) is 4.97. The molecule has 0 bridgehead atoms. The topological polar surface area (TPSA) is 55.1 Å². The first kappa shape index (κ1) is 13.0. The maximum atomic E-state index is 13.1. The molecule has 0 unspecified atom stereocenters. The number of fused-ring (bicyclic) bond motifs is 1. The lowest BCUT2D eigenvalue weighted by Crippen LogP contribution is -2.15. The summed E-state index contributed by atoms with van der Waals surface area (Å²) in [6, 6.07) is 4.18. The molecule has 106 valence electrons. The van der Waals surface area contributed by atoms with Crippen molar-refractivity contribution in [2.24, 2.45) is 5.92 Å². The highest BCUT2D eigenvalue weighted by molar-refractivity contribution is 6.01. The zero-order chi connectivity index (χ0) is 14.5. The largest absolute Gasteiger partial charge is 0.478 e. The fraction of sp³-hybridized carbons (Fsp3) is 0.385. The van der Waals surface area contributed by atoms with Crippen molar-refractivity contribution in [2.45, 2.75) is 25.6 Å². The van der Waals surface area contributed by atoms with Gasteiger partial charge in [-0.25, -0.2) is 9.78 Å². The van der Waals surface area contributed by atoms with E-state index in [2.05, 4.69) is 4.98 Å². The molecule has 1 aromatic carbocycles. The minimum Gasteiger partial charge on any atom is -0.478 e. The van der Waals surface area contributed by atoms with Crippen LogP contribution in [0.5, 0.6) is 0 Å². The third-order valence-corrected chi connectivity index (χ3v) is 3.40. The highest BCUT2D eigenvalue weighted by Gasteiger charge is 2.39. The molecule has 1 aliphatic carbocycles. The Bertz CT molecular complexity index is 687. The number of rotatable bonds is 3. The van der Waals surface area contributed by atoms with E-state index in [1.54, 1.807) is 0 Å². The van der Waals surface area contributed by atoms with E-state index in [-0.39, 0.29) is 29.1 Å². The average molecular weight is 284 g/mol. The quantitative estimate of drug-likeness (QED) is 0.941. The fourth-order valence-electron chi connectivity index (χ4n) is 2.28. The monoisotopic (exact) mass is 284 g/mol. The molecule has 7 heteroatoms. The van der Waals surface area contributed by atoms with E-state index >= 15 is 0 Å². The van der Waals surface area contributed by atoms with Gasteiger partial charge in [-0.3, -0.25) is 0 Å². The number of alkyl halides is 3. The highest BCUT2D eigenvalue weighted by atomic mass is 19.4. The molecule has 0 aliphatic heterocycles. The van der Waals surface area contributed by atoms with Crippen molar-refractivity contribution >= 4 is 17.0 Å². The maximum absolute atomic E-state index is 13.1. The van der Waals surface area contributed by atoms with Crippen LogP contribution >= 0.6 is 0 Å². The van der Waals surface area contributed by atoms with Gasteiger partial charge in [0.05, 0.1) is 11.1 Å². The van der Waals surface area contributed by atoms with Crippen molar-refractivity contribution in [1.82, 2.24) is 9.55 Å². The molecular weight excluding hydrogens is 273 g/mol. The van der Waals surface area contributed by atoms with Gasteiger partial charge in [-0.1, -0.05) is 6.07 Å². The minimum absolute atomic E-state index is 0.104. The molecule has 1 heterocycles. The number of aromatic carboxylic acids is 1. The molecule has 0 spiro atoms. The number of para-hydroxylation sites is 1. The fourth-order valence-corrected chi connectivity index (χ4v) is 2.28. The molecule has 1 aliphatic rings. The zero-order valence-corrected chi connectivity index (χ0v) is 10.3. The van der Waals surface area contributed by atoms with Crippen LogP contribution in [0.4, 0.5) is 13.2 Å². The number of carboxylic acid groups (broad SMARTS) is 1. The normalized spacial score (nSPS) is 15.8. The van der Waals surface area contributed by atoms with Crippen LogP contribution in [-0.4, -0.2) is 20.6 Å². The smallest absolute Gasteiger partial charge is 0.449 e. The second-order valence-electron chi connectivity index (χ2n) is 4.97. The van der Waals surface area contributed by atoms with Crippen LogP contribution in [0.15, 0.2) is 18.2 Å². The van der Waals surface area contributed by atoms with Crippen LogP contribution in [-0.2, 0) is 12.7 Å². The Morgan fingerprint density at radius 2 is 2.10 bits per heavy atom. The molecule has 0 saturated heterocycles. The van der Waals surface area contributed by atoms with Gasteiger partial charge in [-0.05, 0) is 30.9 Å². The van der Waals surface area contributed by atoms with Gasteiger partial charge in [0.25, 0.3) is 0 Å². The van der Waals surface area contributed by atoms with Crippen LogP contribution in [0, 0.1) is 5.92 Å². The summed E-state index contributed by atoms with van der Waals surface area (Å²) in [5.74, 6) is -2.07. The number of halogens is 3. The number of carbonyl (C=O) groups is 1. The summed E-state index contributed by atoms with van der Waals surface area (Å²) in [6.07, 6.45) is -2.80. The summed E-state index contributed by atoms with van der Waals surface area (Å²) >= 11 is 0. The SMILES string of the molecule is O=C(O)c1cccc2c1nc(C(F)(F)F)n2CC1CC1. The van der Waals surface area contributed by atoms with Gasteiger partial charge in [0.1, 0.15) is 5.52 Å². The number of aromatic nitrogens is 2. The highest BCUT2D eigenvalue weighted by Crippen LogP contribution is 2.37. The molecule has 4 nitrogen and oxygen atoms in total. The van der Waals surface area contributed by atoms with Crippen molar-refractivity contribution in [3.05, 3.63) is 29.6 Å². The van der Waals surface area contributed by atoms with Crippen molar-refractivity contribution in [1.29, 1.82) is 0 Å². The van der Waals surface area contributed by atoms with Crippen LogP contribution in [0.3, 0.4) is 0 Å². The van der Waals surface area contributed by atoms with Gasteiger partial charge < -0.3 is 9.67 Å². The first-order chi connectivity index (χ1) is 9.38. The lowest BCUT2D eigenvalue weighted by atomic mass is 10.2.